The smallest absolute Gasteiger partial charge is 0.125 e. The minimum Gasteiger partial charge on any atom is -0.489 e. The van der Waals surface area contributed by atoms with Crippen LogP contribution in [-0.2, 0) is 6.61 Å². The van der Waals surface area contributed by atoms with Gasteiger partial charge in [0.1, 0.15) is 18.2 Å². The highest BCUT2D eigenvalue weighted by molar-refractivity contribution is 6.30. The van der Waals surface area contributed by atoms with E-state index in [0.717, 1.165) is 5.56 Å². The molecule has 0 spiro atoms. The summed E-state index contributed by atoms with van der Waals surface area (Å²) in [6.45, 7) is 1.87. The van der Waals surface area contributed by atoms with Gasteiger partial charge in [-0.05, 0) is 42.8 Å². The number of hydrogen-bond donors (Lipinski definition) is 1. The zero-order valence-corrected chi connectivity index (χ0v) is 11.2. The van der Waals surface area contributed by atoms with Gasteiger partial charge in [-0.15, -0.1) is 0 Å². The van der Waals surface area contributed by atoms with Crippen LogP contribution in [0.5, 0.6) is 5.75 Å². The predicted octanol–water partition coefficient (Wildman–Crippen LogP) is 4.11. The third-order valence-electron chi connectivity index (χ3n) is 2.71. The molecule has 0 saturated carbocycles. The molecule has 0 aromatic heterocycles. The Balaban J connectivity index is 2.15. The van der Waals surface area contributed by atoms with Crippen molar-refractivity contribution >= 4 is 11.6 Å². The van der Waals surface area contributed by atoms with Gasteiger partial charge in [-0.1, -0.05) is 23.7 Å². The number of aliphatic hydroxyl groups excluding tert-OH is 1. The number of rotatable bonds is 4. The molecule has 0 aliphatic carbocycles. The molecule has 0 aliphatic heterocycles. The summed E-state index contributed by atoms with van der Waals surface area (Å²) < 4.78 is 18.6. The van der Waals surface area contributed by atoms with Gasteiger partial charge in [-0.2, -0.15) is 0 Å². The number of aliphatic hydroxyl groups is 1. The first kappa shape index (κ1) is 13.8. The van der Waals surface area contributed by atoms with Crippen LogP contribution in [0.3, 0.4) is 0 Å². The van der Waals surface area contributed by atoms with E-state index in [0.29, 0.717) is 16.3 Å². The molecule has 19 heavy (non-hydrogen) atoms. The average molecular weight is 281 g/mol. The highest BCUT2D eigenvalue weighted by atomic mass is 35.5. The lowest BCUT2D eigenvalue weighted by Crippen LogP contribution is -2.01. The van der Waals surface area contributed by atoms with Crippen molar-refractivity contribution in [2.24, 2.45) is 0 Å². The summed E-state index contributed by atoms with van der Waals surface area (Å²) in [5, 5.41) is 10.2. The molecule has 2 nitrogen and oxygen atoms in total. The summed E-state index contributed by atoms with van der Waals surface area (Å²) in [5.41, 5.74) is 1.34. The van der Waals surface area contributed by atoms with Crippen LogP contribution in [0.15, 0.2) is 42.5 Å². The lowest BCUT2D eigenvalue weighted by atomic mass is 10.1. The van der Waals surface area contributed by atoms with Crippen LogP contribution in [0.1, 0.15) is 24.2 Å². The molecule has 1 atom stereocenters. The van der Waals surface area contributed by atoms with Crippen LogP contribution in [0.2, 0.25) is 5.02 Å². The van der Waals surface area contributed by atoms with Gasteiger partial charge in [-0.3, -0.25) is 0 Å². The molecule has 2 aromatic rings. The highest BCUT2D eigenvalue weighted by Gasteiger charge is 2.10. The molecular formula is C15H14ClFO2. The van der Waals surface area contributed by atoms with Gasteiger partial charge in [0.05, 0.1) is 6.10 Å². The first-order valence-corrected chi connectivity index (χ1v) is 6.29. The van der Waals surface area contributed by atoms with Gasteiger partial charge in [0, 0.05) is 10.6 Å². The van der Waals surface area contributed by atoms with E-state index in [1.807, 2.05) is 0 Å². The second-order valence-corrected chi connectivity index (χ2v) is 4.71. The van der Waals surface area contributed by atoms with Gasteiger partial charge < -0.3 is 9.84 Å². The Morgan fingerprint density at radius 2 is 2.05 bits per heavy atom. The molecule has 2 aromatic carbocycles. The summed E-state index contributed by atoms with van der Waals surface area (Å²) in [5.74, 6) is 0.247. The van der Waals surface area contributed by atoms with E-state index >= 15 is 0 Å². The lowest BCUT2D eigenvalue weighted by molar-refractivity contribution is 0.190. The Labute approximate surface area is 116 Å². The quantitative estimate of drug-likeness (QED) is 0.913. The Morgan fingerprint density at radius 3 is 2.74 bits per heavy atom. The third-order valence-corrected chi connectivity index (χ3v) is 2.94. The molecule has 0 bridgehead atoms. The lowest BCUT2D eigenvalue weighted by Gasteiger charge is -2.14. The van der Waals surface area contributed by atoms with E-state index in [1.54, 1.807) is 37.3 Å². The van der Waals surface area contributed by atoms with E-state index < -0.39 is 6.10 Å². The molecule has 4 heteroatoms. The van der Waals surface area contributed by atoms with Crippen molar-refractivity contribution in [2.45, 2.75) is 19.6 Å². The monoisotopic (exact) mass is 280 g/mol. The Kier molecular flexibility index (Phi) is 4.40. The fourth-order valence-corrected chi connectivity index (χ4v) is 1.95. The minimum atomic E-state index is -0.679. The molecular weight excluding hydrogens is 267 g/mol. The van der Waals surface area contributed by atoms with Crippen LogP contribution in [0, 0.1) is 5.82 Å². The maximum atomic E-state index is 13.0. The number of hydrogen-bond acceptors (Lipinski definition) is 2. The van der Waals surface area contributed by atoms with Crippen LogP contribution in [0.4, 0.5) is 4.39 Å². The van der Waals surface area contributed by atoms with Crippen molar-refractivity contribution < 1.29 is 14.2 Å². The van der Waals surface area contributed by atoms with Gasteiger partial charge in [0.25, 0.3) is 0 Å². The van der Waals surface area contributed by atoms with Crippen molar-refractivity contribution in [3.63, 3.8) is 0 Å². The van der Waals surface area contributed by atoms with E-state index in [1.165, 1.54) is 12.1 Å². The molecule has 100 valence electrons. The maximum absolute atomic E-state index is 13.0. The SMILES string of the molecule is C[C@H](O)c1cc(Cl)ccc1OCc1cccc(F)c1. The normalized spacial score (nSPS) is 12.2. The molecule has 1 N–H and O–H groups in total. The molecule has 0 amide bonds. The molecule has 0 aliphatic rings. The molecule has 0 fully saturated rings. The zero-order valence-electron chi connectivity index (χ0n) is 10.4. The van der Waals surface area contributed by atoms with Crippen molar-refractivity contribution in [1.82, 2.24) is 0 Å². The second-order valence-electron chi connectivity index (χ2n) is 4.28. The molecule has 0 heterocycles. The average Bonchev–Trinajstić information content (AvgIpc) is 2.37. The molecule has 0 radical (unpaired) electrons. The molecule has 0 saturated heterocycles. The highest BCUT2D eigenvalue weighted by Crippen LogP contribution is 2.28. The van der Waals surface area contributed by atoms with Crippen molar-refractivity contribution in [1.29, 1.82) is 0 Å². The van der Waals surface area contributed by atoms with E-state index in [2.05, 4.69) is 0 Å². The fourth-order valence-electron chi connectivity index (χ4n) is 1.77. The van der Waals surface area contributed by atoms with Crippen molar-refractivity contribution in [3.8, 4) is 5.75 Å². The zero-order chi connectivity index (χ0) is 13.8. The molecule has 0 unspecified atom stereocenters. The van der Waals surface area contributed by atoms with Crippen LogP contribution < -0.4 is 4.74 Å². The largest absolute Gasteiger partial charge is 0.489 e. The van der Waals surface area contributed by atoms with E-state index in [4.69, 9.17) is 16.3 Å². The first-order valence-electron chi connectivity index (χ1n) is 5.91. The number of ether oxygens (including phenoxy) is 1. The maximum Gasteiger partial charge on any atom is 0.125 e. The molecule has 2 rings (SSSR count). The Bertz CT molecular complexity index is 570. The van der Waals surface area contributed by atoms with Gasteiger partial charge in [0.2, 0.25) is 0 Å². The van der Waals surface area contributed by atoms with Crippen molar-refractivity contribution in [3.05, 3.63) is 64.4 Å². The van der Waals surface area contributed by atoms with Crippen molar-refractivity contribution in [2.75, 3.05) is 0 Å². The summed E-state index contributed by atoms with van der Waals surface area (Å²) in [6, 6.07) is 11.3. The van der Waals surface area contributed by atoms with Crippen LogP contribution in [-0.4, -0.2) is 5.11 Å². The minimum absolute atomic E-state index is 0.235. The second kappa shape index (κ2) is 6.04. The fraction of sp³-hybridized carbons (Fsp3) is 0.200. The van der Waals surface area contributed by atoms with Crippen LogP contribution >= 0.6 is 11.6 Å². The van der Waals surface area contributed by atoms with E-state index in [-0.39, 0.29) is 12.4 Å². The summed E-state index contributed by atoms with van der Waals surface area (Å²) in [4.78, 5) is 0. The van der Waals surface area contributed by atoms with Gasteiger partial charge in [0.15, 0.2) is 0 Å². The Hall–Kier alpha value is -1.58. The standard InChI is InChI=1S/C15H14ClFO2/c1-10(18)14-8-12(16)5-6-15(14)19-9-11-3-2-4-13(17)7-11/h2-8,10,18H,9H2,1H3/t10-/m0/s1. The summed E-state index contributed by atoms with van der Waals surface area (Å²) in [7, 11) is 0. The summed E-state index contributed by atoms with van der Waals surface area (Å²) >= 11 is 5.88. The first-order chi connectivity index (χ1) is 9.06. The number of benzene rings is 2. The third kappa shape index (κ3) is 3.69. The van der Waals surface area contributed by atoms with Gasteiger partial charge in [-0.25, -0.2) is 4.39 Å². The topological polar surface area (TPSA) is 29.5 Å². The van der Waals surface area contributed by atoms with E-state index in [9.17, 15) is 9.50 Å². The summed E-state index contributed by atoms with van der Waals surface area (Å²) in [6.07, 6.45) is -0.679. The Morgan fingerprint density at radius 1 is 1.26 bits per heavy atom. The number of halogens is 2. The van der Waals surface area contributed by atoms with Crippen LogP contribution in [0.25, 0.3) is 0 Å². The predicted molar refractivity (Wildman–Crippen MR) is 72.8 cm³/mol. The van der Waals surface area contributed by atoms with Gasteiger partial charge >= 0.3 is 0 Å².